The van der Waals surface area contributed by atoms with Crippen molar-refractivity contribution in [3.8, 4) is 0 Å². The number of rotatable bonds is 6. The van der Waals surface area contributed by atoms with E-state index in [1.807, 2.05) is 13.1 Å². The Morgan fingerprint density at radius 1 is 1.40 bits per heavy atom. The fourth-order valence-electron chi connectivity index (χ4n) is 1.19. The molecule has 0 saturated heterocycles. The summed E-state index contributed by atoms with van der Waals surface area (Å²) in [5.41, 5.74) is 0. The third-order valence-corrected chi connectivity index (χ3v) is 1.97. The molecule has 15 heavy (non-hydrogen) atoms. The van der Waals surface area contributed by atoms with E-state index >= 15 is 0 Å². The highest BCUT2D eigenvalue weighted by atomic mass is 15.1. The van der Waals surface area contributed by atoms with Crippen molar-refractivity contribution >= 4 is 11.8 Å². The van der Waals surface area contributed by atoms with Crippen molar-refractivity contribution in [1.82, 2.24) is 14.9 Å². The zero-order valence-corrected chi connectivity index (χ0v) is 9.62. The second-order valence-electron chi connectivity index (χ2n) is 3.60. The van der Waals surface area contributed by atoms with Crippen LogP contribution in [0.1, 0.15) is 6.42 Å². The minimum absolute atomic E-state index is 0.646. The molecule has 0 amide bonds. The van der Waals surface area contributed by atoms with Gasteiger partial charge in [0.2, 0.25) is 5.95 Å². The molecule has 0 atom stereocenters. The van der Waals surface area contributed by atoms with Gasteiger partial charge in [-0.05, 0) is 33.1 Å². The quantitative estimate of drug-likeness (QED) is 0.681. The number of hydrogen-bond acceptors (Lipinski definition) is 5. The first-order valence-corrected chi connectivity index (χ1v) is 5.12. The van der Waals surface area contributed by atoms with E-state index in [-0.39, 0.29) is 0 Å². The fraction of sp³-hybridized carbons (Fsp3) is 0.600. The molecule has 84 valence electrons. The molecule has 0 spiro atoms. The van der Waals surface area contributed by atoms with Gasteiger partial charge in [-0.1, -0.05) is 0 Å². The van der Waals surface area contributed by atoms with Crippen molar-refractivity contribution in [3.63, 3.8) is 0 Å². The number of hydrogen-bond donors (Lipinski definition) is 2. The largest absolute Gasteiger partial charge is 0.370 e. The van der Waals surface area contributed by atoms with Gasteiger partial charge in [-0.25, -0.2) is 4.98 Å². The molecule has 2 N–H and O–H groups in total. The van der Waals surface area contributed by atoms with Crippen molar-refractivity contribution in [3.05, 3.63) is 12.3 Å². The lowest BCUT2D eigenvalue weighted by molar-refractivity contribution is 0.405. The lowest BCUT2D eigenvalue weighted by Crippen LogP contribution is -2.16. The Balaban J connectivity index is 2.30. The molecule has 0 fully saturated rings. The summed E-state index contributed by atoms with van der Waals surface area (Å²) in [7, 11) is 5.96. The van der Waals surface area contributed by atoms with Gasteiger partial charge in [0, 0.05) is 19.8 Å². The first-order chi connectivity index (χ1) is 7.22. The average molecular weight is 209 g/mol. The normalized spacial score (nSPS) is 10.4. The Labute approximate surface area is 90.9 Å². The van der Waals surface area contributed by atoms with Gasteiger partial charge in [0.15, 0.2) is 0 Å². The molecule has 1 aromatic heterocycles. The number of nitrogens with one attached hydrogen (secondary N) is 2. The summed E-state index contributed by atoms with van der Waals surface area (Å²) >= 11 is 0. The first-order valence-electron chi connectivity index (χ1n) is 5.12. The van der Waals surface area contributed by atoms with Gasteiger partial charge in [0.1, 0.15) is 5.82 Å². The van der Waals surface area contributed by atoms with Crippen molar-refractivity contribution < 1.29 is 0 Å². The Morgan fingerprint density at radius 3 is 2.87 bits per heavy atom. The molecule has 0 aliphatic carbocycles. The highest BCUT2D eigenvalue weighted by molar-refractivity contribution is 5.38. The Morgan fingerprint density at radius 2 is 2.20 bits per heavy atom. The van der Waals surface area contributed by atoms with Crippen LogP contribution in [0.5, 0.6) is 0 Å². The monoisotopic (exact) mass is 209 g/mol. The van der Waals surface area contributed by atoms with Crippen LogP contribution < -0.4 is 10.6 Å². The maximum absolute atomic E-state index is 4.26. The third-order valence-electron chi connectivity index (χ3n) is 1.97. The SMILES string of the molecule is CNc1nccc(NCCCN(C)C)n1. The van der Waals surface area contributed by atoms with Crippen molar-refractivity contribution in [2.75, 3.05) is 44.9 Å². The van der Waals surface area contributed by atoms with Crippen LogP contribution in [0.2, 0.25) is 0 Å². The second-order valence-corrected chi connectivity index (χ2v) is 3.60. The maximum atomic E-state index is 4.26. The molecule has 5 nitrogen and oxygen atoms in total. The van der Waals surface area contributed by atoms with E-state index in [4.69, 9.17) is 0 Å². The number of aromatic nitrogens is 2. The molecular formula is C10H19N5. The molecule has 1 rings (SSSR count). The fourth-order valence-corrected chi connectivity index (χ4v) is 1.19. The van der Waals surface area contributed by atoms with Crippen LogP contribution >= 0.6 is 0 Å². The van der Waals surface area contributed by atoms with Crippen molar-refractivity contribution in [2.45, 2.75) is 6.42 Å². The highest BCUT2D eigenvalue weighted by Gasteiger charge is 1.96. The maximum Gasteiger partial charge on any atom is 0.224 e. The zero-order valence-electron chi connectivity index (χ0n) is 9.62. The van der Waals surface area contributed by atoms with E-state index in [1.54, 1.807) is 6.20 Å². The molecule has 0 aliphatic rings. The van der Waals surface area contributed by atoms with E-state index < -0.39 is 0 Å². The minimum atomic E-state index is 0.646. The van der Waals surface area contributed by atoms with E-state index in [1.165, 1.54) is 0 Å². The second kappa shape index (κ2) is 6.19. The van der Waals surface area contributed by atoms with Crippen LogP contribution in [0.15, 0.2) is 12.3 Å². The number of nitrogens with zero attached hydrogens (tertiary/aromatic N) is 3. The van der Waals surface area contributed by atoms with E-state index in [0.717, 1.165) is 25.3 Å². The molecule has 1 heterocycles. The van der Waals surface area contributed by atoms with Gasteiger partial charge in [-0.15, -0.1) is 0 Å². The van der Waals surface area contributed by atoms with Crippen LogP contribution in [0.3, 0.4) is 0 Å². The van der Waals surface area contributed by atoms with Crippen LogP contribution in [-0.4, -0.2) is 49.1 Å². The molecule has 0 saturated carbocycles. The Kier molecular flexibility index (Phi) is 4.83. The van der Waals surface area contributed by atoms with Crippen molar-refractivity contribution in [1.29, 1.82) is 0 Å². The molecular weight excluding hydrogens is 190 g/mol. The summed E-state index contributed by atoms with van der Waals surface area (Å²) in [5, 5.41) is 6.16. The topological polar surface area (TPSA) is 53.1 Å². The summed E-state index contributed by atoms with van der Waals surface area (Å²) in [6.45, 7) is 2.01. The summed E-state index contributed by atoms with van der Waals surface area (Å²) in [6.07, 6.45) is 2.85. The third kappa shape index (κ3) is 4.60. The first kappa shape index (κ1) is 11.7. The molecule has 0 radical (unpaired) electrons. The van der Waals surface area contributed by atoms with E-state index in [2.05, 4.69) is 39.6 Å². The molecule has 0 aromatic carbocycles. The van der Waals surface area contributed by atoms with E-state index in [0.29, 0.717) is 5.95 Å². The van der Waals surface area contributed by atoms with Crippen LogP contribution in [0.25, 0.3) is 0 Å². The lowest BCUT2D eigenvalue weighted by atomic mass is 10.4. The lowest BCUT2D eigenvalue weighted by Gasteiger charge is -2.10. The van der Waals surface area contributed by atoms with Gasteiger partial charge in [0.05, 0.1) is 0 Å². The van der Waals surface area contributed by atoms with Crippen LogP contribution in [0.4, 0.5) is 11.8 Å². The summed E-state index contributed by atoms with van der Waals surface area (Å²) in [6, 6.07) is 1.87. The molecule has 5 heteroatoms. The summed E-state index contributed by atoms with van der Waals surface area (Å²) in [5.74, 6) is 1.51. The Hall–Kier alpha value is -1.36. The van der Waals surface area contributed by atoms with Crippen molar-refractivity contribution in [2.24, 2.45) is 0 Å². The average Bonchev–Trinajstić information content (AvgIpc) is 2.24. The highest BCUT2D eigenvalue weighted by Crippen LogP contribution is 2.04. The van der Waals surface area contributed by atoms with Gasteiger partial charge in [0.25, 0.3) is 0 Å². The zero-order chi connectivity index (χ0) is 11.1. The molecule has 1 aromatic rings. The summed E-state index contributed by atoms with van der Waals surface area (Å²) < 4.78 is 0. The van der Waals surface area contributed by atoms with Gasteiger partial charge < -0.3 is 15.5 Å². The smallest absolute Gasteiger partial charge is 0.224 e. The van der Waals surface area contributed by atoms with Gasteiger partial charge in [-0.2, -0.15) is 4.98 Å². The van der Waals surface area contributed by atoms with Gasteiger partial charge >= 0.3 is 0 Å². The van der Waals surface area contributed by atoms with Crippen LogP contribution in [0, 0.1) is 0 Å². The predicted octanol–water partition coefficient (Wildman–Crippen LogP) is 0.882. The molecule has 0 aliphatic heterocycles. The molecule has 0 unspecified atom stereocenters. The Bertz CT molecular complexity index is 287. The minimum Gasteiger partial charge on any atom is -0.370 e. The van der Waals surface area contributed by atoms with Crippen LogP contribution in [-0.2, 0) is 0 Å². The predicted molar refractivity (Wildman–Crippen MR) is 63.2 cm³/mol. The molecule has 0 bridgehead atoms. The van der Waals surface area contributed by atoms with Gasteiger partial charge in [-0.3, -0.25) is 0 Å². The summed E-state index contributed by atoms with van der Waals surface area (Å²) in [4.78, 5) is 10.5. The van der Waals surface area contributed by atoms with E-state index in [9.17, 15) is 0 Å². The standard InChI is InChI=1S/C10H19N5/c1-11-10-13-7-5-9(14-10)12-6-4-8-15(2)3/h5,7H,4,6,8H2,1-3H3,(H2,11,12,13,14). The number of anilines is 2.